The van der Waals surface area contributed by atoms with Crippen molar-refractivity contribution < 1.29 is 0 Å². The van der Waals surface area contributed by atoms with Gasteiger partial charge in [-0.05, 0) is 12.8 Å². The highest BCUT2D eigenvalue weighted by atomic mass is 35.5. The lowest BCUT2D eigenvalue weighted by atomic mass is 9.94. The van der Waals surface area contributed by atoms with Crippen molar-refractivity contribution in [3.05, 3.63) is 0 Å². The summed E-state index contributed by atoms with van der Waals surface area (Å²) in [5, 5.41) is 3.40. The van der Waals surface area contributed by atoms with Crippen LogP contribution in [-0.2, 0) is 0 Å². The molecule has 1 heterocycles. The van der Waals surface area contributed by atoms with Gasteiger partial charge in [0.2, 0.25) is 0 Å². The molecule has 1 saturated carbocycles. The average molecular weight is 227 g/mol. The third kappa shape index (κ3) is 3.62. The smallest absolute Gasteiger partial charge is 0.0484 e. The van der Waals surface area contributed by atoms with Crippen LogP contribution in [0.25, 0.3) is 0 Å². The number of rotatable bonds is 1. The largest absolute Gasteiger partial charge is 0.303 e. The Morgan fingerprint density at radius 3 is 2.23 bits per heavy atom. The molecular formula is C9H20Cl2N2. The summed E-state index contributed by atoms with van der Waals surface area (Å²) in [6, 6.07) is 0.916. The van der Waals surface area contributed by atoms with E-state index in [1.54, 1.807) is 0 Å². The van der Waals surface area contributed by atoms with Crippen LogP contribution in [0.1, 0.15) is 32.1 Å². The molecule has 1 saturated heterocycles. The summed E-state index contributed by atoms with van der Waals surface area (Å²) in [6.45, 7) is 3.63. The predicted octanol–water partition coefficient (Wildman–Crippen LogP) is 2.03. The number of nitrogens with one attached hydrogen (secondary N) is 1. The van der Waals surface area contributed by atoms with E-state index >= 15 is 0 Å². The van der Waals surface area contributed by atoms with Crippen LogP contribution >= 0.6 is 24.8 Å². The van der Waals surface area contributed by atoms with Crippen LogP contribution in [0.15, 0.2) is 0 Å². The summed E-state index contributed by atoms with van der Waals surface area (Å²) in [6.07, 6.45) is 7.28. The third-order valence-corrected chi connectivity index (χ3v) is 2.98. The van der Waals surface area contributed by atoms with Gasteiger partial charge in [0.05, 0.1) is 0 Å². The fourth-order valence-corrected chi connectivity index (χ4v) is 2.28. The monoisotopic (exact) mass is 226 g/mol. The fraction of sp³-hybridized carbons (Fsp3) is 1.00. The van der Waals surface area contributed by atoms with Crippen LogP contribution in [0.3, 0.4) is 0 Å². The van der Waals surface area contributed by atoms with Gasteiger partial charge in [0.25, 0.3) is 0 Å². The summed E-state index contributed by atoms with van der Waals surface area (Å²) in [5.41, 5.74) is 0. The summed E-state index contributed by atoms with van der Waals surface area (Å²) in [4.78, 5) is 2.61. The van der Waals surface area contributed by atoms with E-state index in [0.717, 1.165) is 12.7 Å². The van der Waals surface area contributed by atoms with Crippen molar-refractivity contribution in [3.8, 4) is 0 Å². The van der Waals surface area contributed by atoms with Crippen molar-refractivity contribution in [1.82, 2.24) is 10.2 Å². The summed E-state index contributed by atoms with van der Waals surface area (Å²) in [7, 11) is 0. The first-order chi connectivity index (χ1) is 5.47. The lowest BCUT2D eigenvalue weighted by molar-refractivity contribution is 0.189. The first kappa shape index (κ1) is 13.5. The maximum absolute atomic E-state index is 3.40. The van der Waals surface area contributed by atoms with Gasteiger partial charge in [0, 0.05) is 25.8 Å². The Hall–Kier alpha value is 0.500. The molecule has 4 heteroatoms. The summed E-state index contributed by atoms with van der Waals surface area (Å²) in [5.74, 6) is 0. The molecule has 13 heavy (non-hydrogen) atoms. The molecule has 0 amide bonds. The fourth-order valence-electron chi connectivity index (χ4n) is 2.28. The minimum Gasteiger partial charge on any atom is -0.303 e. The molecule has 2 rings (SSSR count). The van der Waals surface area contributed by atoms with Crippen LogP contribution in [0.2, 0.25) is 0 Å². The molecule has 2 fully saturated rings. The minimum atomic E-state index is 0. The second-order valence-corrected chi connectivity index (χ2v) is 3.76. The molecule has 0 aromatic carbocycles. The van der Waals surface area contributed by atoms with Gasteiger partial charge in [-0.2, -0.15) is 0 Å². The van der Waals surface area contributed by atoms with Crippen molar-refractivity contribution in [2.75, 3.05) is 19.8 Å². The van der Waals surface area contributed by atoms with E-state index in [1.165, 1.54) is 45.2 Å². The average Bonchev–Trinajstić information content (AvgIpc) is 2.58. The molecule has 1 aliphatic heterocycles. The van der Waals surface area contributed by atoms with Crippen molar-refractivity contribution in [1.29, 1.82) is 0 Å². The molecular weight excluding hydrogens is 207 g/mol. The molecule has 0 aromatic rings. The SMILES string of the molecule is C1CCC(N2CCNC2)CC1.Cl.Cl. The molecule has 0 spiro atoms. The van der Waals surface area contributed by atoms with Gasteiger partial charge in [-0.1, -0.05) is 19.3 Å². The Labute approximate surface area is 93.3 Å². The highest BCUT2D eigenvalue weighted by molar-refractivity contribution is 5.85. The lowest BCUT2D eigenvalue weighted by Crippen LogP contribution is -2.35. The summed E-state index contributed by atoms with van der Waals surface area (Å²) < 4.78 is 0. The highest BCUT2D eigenvalue weighted by Crippen LogP contribution is 2.22. The summed E-state index contributed by atoms with van der Waals surface area (Å²) >= 11 is 0. The second-order valence-electron chi connectivity index (χ2n) is 3.76. The standard InChI is InChI=1S/C9H18N2.2ClH/c1-2-4-9(5-3-1)11-7-6-10-8-11;;/h9-10H,1-8H2;2*1H. The van der Waals surface area contributed by atoms with Gasteiger partial charge in [0.1, 0.15) is 0 Å². The second kappa shape index (κ2) is 6.88. The van der Waals surface area contributed by atoms with Gasteiger partial charge < -0.3 is 5.32 Å². The molecule has 1 aliphatic carbocycles. The molecule has 80 valence electrons. The number of halogens is 2. The van der Waals surface area contributed by atoms with Crippen molar-refractivity contribution in [2.45, 2.75) is 38.1 Å². The first-order valence-electron chi connectivity index (χ1n) is 4.91. The molecule has 0 atom stereocenters. The molecule has 0 aromatic heterocycles. The lowest BCUT2D eigenvalue weighted by Gasteiger charge is -2.29. The maximum Gasteiger partial charge on any atom is 0.0484 e. The molecule has 0 radical (unpaired) electrons. The molecule has 1 N–H and O–H groups in total. The number of nitrogens with zero attached hydrogens (tertiary/aromatic N) is 1. The molecule has 2 nitrogen and oxygen atoms in total. The van der Waals surface area contributed by atoms with Crippen molar-refractivity contribution in [3.63, 3.8) is 0 Å². The zero-order chi connectivity index (χ0) is 7.52. The third-order valence-electron chi connectivity index (χ3n) is 2.98. The Bertz CT molecular complexity index is 121. The Kier molecular flexibility index (Phi) is 7.15. The van der Waals surface area contributed by atoms with Crippen LogP contribution < -0.4 is 5.32 Å². The van der Waals surface area contributed by atoms with Gasteiger partial charge in [-0.3, -0.25) is 4.90 Å². The molecule has 0 bridgehead atoms. The van der Waals surface area contributed by atoms with E-state index in [2.05, 4.69) is 10.2 Å². The Morgan fingerprint density at radius 2 is 1.69 bits per heavy atom. The number of hydrogen-bond donors (Lipinski definition) is 1. The van der Waals surface area contributed by atoms with Crippen LogP contribution in [0.5, 0.6) is 0 Å². The van der Waals surface area contributed by atoms with E-state index in [9.17, 15) is 0 Å². The quantitative estimate of drug-likeness (QED) is 0.737. The van der Waals surface area contributed by atoms with Crippen molar-refractivity contribution in [2.24, 2.45) is 0 Å². The van der Waals surface area contributed by atoms with Crippen LogP contribution in [0, 0.1) is 0 Å². The van der Waals surface area contributed by atoms with Gasteiger partial charge in [-0.15, -0.1) is 24.8 Å². The Balaban J connectivity index is 0.000000720. The number of hydrogen-bond acceptors (Lipinski definition) is 2. The zero-order valence-corrected chi connectivity index (χ0v) is 9.63. The highest BCUT2D eigenvalue weighted by Gasteiger charge is 2.22. The molecule has 0 unspecified atom stereocenters. The van der Waals surface area contributed by atoms with Gasteiger partial charge in [0.15, 0.2) is 0 Å². The topological polar surface area (TPSA) is 15.3 Å². The predicted molar refractivity (Wildman–Crippen MR) is 60.9 cm³/mol. The normalized spacial score (nSPS) is 24.9. The first-order valence-corrected chi connectivity index (χ1v) is 4.91. The van der Waals surface area contributed by atoms with E-state index in [-0.39, 0.29) is 24.8 Å². The van der Waals surface area contributed by atoms with E-state index in [4.69, 9.17) is 0 Å². The van der Waals surface area contributed by atoms with Gasteiger partial charge in [-0.25, -0.2) is 0 Å². The van der Waals surface area contributed by atoms with Crippen LogP contribution in [-0.4, -0.2) is 30.7 Å². The zero-order valence-electron chi connectivity index (χ0n) is 8.00. The van der Waals surface area contributed by atoms with Crippen molar-refractivity contribution >= 4 is 24.8 Å². The van der Waals surface area contributed by atoms with E-state index in [0.29, 0.717) is 0 Å². The van der Waals surface area contributed by atoms with E-state index in [1.807, 2.05) is 0 Å². The minimum absolute atomic E-state index is 0. The maximum atomic E-state index is 3.40. The van der Waals surface area contributed by atoms with E-state index < -0.39 is 0 Å². The van der Waals surface area contributed by atoms with Gasteiger partial charge >= 0.3 is 0 Å². The Morgan fingerprint density at radius 1 is 1.00 bits per heavy atom. The van der Waals surface area contributed by atoms with Crippen LogP contribution in [0.4, 0.5) is 0 Å². The molecule has 2 aliphatic rings.